The highest BCUT2D eigenvalue weighted by Crippen LogP contribution is 2.37. The number of carbonyl (C=O) groups is 4. The van der Waals surface area contributed by atoms with E-state index in [1.807, 2.05) is 19.1 Å². The molecule has 0 spiro atoms. The fourth-order valence-corrected chi connectivity index (χ4v) is 4.06. The molecule has 2 aromatic rings. The third kappa shape index (κ3) is 4.29. The van der Waals surface area contributed by atoms with Gasteiger partial charge in [-0.15, -0.1) is 0 Å². The van der Waals surface area contributed by atoms with Gasteiger partial charge in [0.25, 0.3) is 5.91 Å². The number of carbonyl (C=O) groups excluding carboxylic acids is 4. The van der Waals surface area contributed by atoms with Gasteiger partial charge in [0.1, 0.15) is 0 Å². The van der Waals surface area contributed by atoms with Crippen LogP contribution in [0, 0.1) is 18.8 Å². The van der Waals surface area contributed by atoms with Crippen LogP contribution in [0.4, 0.5) is 11.4 Å². The van der Waals surface area contributed by atoms with E-state index in [0.717, 1.165) is 5.56 Å². The molecule has 0 saturated carbocycles. The van der Waals surface area contributed by atoms with Gasteiger partial charge in [0.2, 0.25) is 11.8 Å². The molecule has 1 saturated heterocycles. The van der Waals surface area contributed by atoms with Crippen LogP contribution in [0.25, 0.3) is 0 Å². The van der Waals surface area contributed by atoms with Crippen molar-refractivity contribution < 1.29 is 23.9 Å². The van der Waals surface area contributed by atoms with Gasteiger partial charge >= 0.3 is 5.97 Å². The maximum Gasteiger partial charge on any atom is 0.338 e. The topological polar surface area (TPSA) is 92.8 Å². The largest absolute Gasteiger partial charge is 0.452 e. The van der Waals surface area contributed by atoms with Crippen LogP contribution in [0.15, 0.2) is 54.6 Å². The zero-order valence-electron chi connectivity index (χ0n) is 17.3. The predicted octanol–water partition coefficient (Wildman–Crippen LogP) is 3.90. The first kappa shape index (κ1) is 21.8. The maximum absolute atomic E-state index is 12.7. The number of anilines is 2. The zero-order valence-corrected chi connectivity index (χ0v) is 18.1. The molecule has 3 amide bonds. The molecule has 0 aromatic heterocycles. The number of esters is 1. The molecule has 4 rings (SSSR count). The number of hydrogen-bond acceptors (Lipinski definition) is 5. The second kappa shape index (κ2) is 8.96. The van der Waals surface area contributed by atoms with Gasteiger partial charge in [-0.05, 0) is 61.7 Å². The van der Waals surface area contributed by atoms with Crippen molar-refractivity contribution in [1.29, 1.82) is 0 Å². The van der Waals surface area contributed by atoms with E-state index in [-0.39, 0.29) is 29.2 Å². The van der Waals surface area contributed by atoms with Gasteiger partial charge in [0, 0.05) is 10.7 Å². The number of nitrogens with one attached hydrogen (secondary N) is 1. The van der Waals surface area contributed by atoms with Crippen LogP contribution >= 0.6 is 11.6 Å². The molecule has 2 aromatic carbocycles. The van der Waals surface area contributed by atoms with E-state index in [0.29, 0.717) is 29.2 Å². The summed E-state index contributed by atoms with van der Waals surface area (Å²) in [5, 5.41) is 3.13. The Balaban J connectivity index is 1.35. The van der Waals surface area contributed by atoms with Gasteiger partial charge in [0.15, 0.2) is 6.61 Å². The second-order valence-electron chi connectivity index (χ2n) is 7.80. The molecule has 1 fully saturated rings. The average molecular weight is 453 g/mol. The van der Waals surface area contributed by atoms with Crippen molar-refractivity contribution in [3.8, 4) is 0 Å². The lowest BCUT2D eigenvalue weighted by atomic mass is 9.85. The molecule has 0 bridgehead atoms. The smallest absolute Gasteiger partial charge is 0.338 e. The lowest BCUT2D eigenvalue weighted by Gasteiger charge is -2.15. The Kier molecular flexibility index (Phi) is 6.10. The number of allylic oxidation sites excluding steroid dienone is 2. The van der Waals surface area contributed by atoms with E-state index in [9.17, 15) is 19.2 Å². The average Bonchev–Trinajstić information content (AvgIpc) is 3.05. The van der Waals surface area contributed by atoms with Crippen molar-refractivity contribution in [2.24, 2.45) is 11.8 Å². The number of benzene rings is 2. The number of halogens is 1. The van der Waals surface area contributed by atoms with Crippen molar-refractivity contribution in [1.82, 2.24) is 0 Å². The van der Waals surface area contributed by atoms with E-state index >= 15 is 0 Å². The van der Waals surface area contributed by atoms with Crippen LogP contribution < -0.4 is 10.2 Å². The maximum atomic E-state index is 12.7. The van der Waals surface area contributed by atoms with Gasteiger partial charge in [-0.2, -0.15) is 0 Å². The Labute approximate surface area is 190 Å². The van der Waals surface area contributed by atoms with Crippen LogP contribution in [-0.2, 0) is 19.1 Å². The molecule has 1 heterocycles. The minimum absolute atomic E-state index is 0.207. The molecule has 7 nitrogen and oxygen atoms in total. The number of fused-ring (bicyclic) bond motifs is 1. The third-order valence-corrected chi connectivity index (χ3v) is 6.07. The number of amides is 3. The molecule has 0 unspecified atom stereocenters. The van der Waals surface area contributed by atoms with Crippen LogP contribution in [0.2, 0.25) is 5.02 Å². The molecule has 2 atom stereocenters. The lowest BCUT2D eigenvalue weighted by Crippen LogP contribution is -2.30. The van der Waals surface area contributed by atoms with Crippen LogP contribution in [-0.4, -0.2) is 30.3 Å². The van der Waals surface area contributed by atoms with E-state index in [4.69, 9.17) is 16.3 Å². The van der Waals surface area contributed by atoms with Crippen molar-refractivity contribution in [3.05, 3.63) is 70.8 Å². The summed E-state index contributed by atoms with van der Waals surface area (Å²) in [7, 11) is 0. The zero-order chi connectivity index (χ0) is 22.8. The van der Waals surface area contributed by atoms with Crippen molar-refractivity contribution in [2.45, 2.75) is 19.8 Å². The van der Waals surface area contributed by atoms with Gasteiger partial charge in [-0.1, -0.05) is 29.8 Å². The first-order valence-corrected chi connectivity index (χ1v) is 10.6. The summed E-state index contributed by atoms with van der Waals surface area (Å²) in [4.78, 5) is 50.9. The number of ether oxygens (including phenoxy) is 1. The Morgan fingerprint density at radius 1 is 1.03 bits per heavy atom. The van der Waals surface area contributed by atoms with Gasteiger partial charge in [-0.3, -0.25) is 19.3 Å². The van der Waals surface area contributed by atoms with Gasteiger partial charge in [0.05, 0.1) is 23.1 Å². The van der Waals surface area contributed by atoms with Gasteiger partial charge in [-0.25, -0.2) is 4.79 Å². The molecule has 32 heavy (non-hydrogen) atoms. The van der Waals surface area contributed by atoms with Gasteiger partial charge < -0.3 is 10.1 Å². The minimum atomic E-state index is -0.689. The fourth-order valence-electron chi connectivity index (χ4n) is 3.88. The highest BCUT2D eigenvalue weighted by molar-refractivity contribution is 6.31. The highest BCUT2D eigenvalue weighted by atomic mass is 35.5. The summed E-state index contributed by atoms with van der Waals surface area (Å²) in [6.45, 7) is 1.38. The summed E-state index contributed by atoms with van der Waals surface area (Å²) < 4.78 is 5.06. The molecular formula is C24H21ClN2O5. The summed E-state index contributed by atoms with van der Waals surface area (Å²) in [5.74, 6) is -2.26. The molecule has 1 aliphatic carbocycles. The van der Waals surface area contributed by atoms with E-state index < -0.39 is 18.5 Å². The monoisotopic (exact) mass is 452 g/mol. The highest BCUT2D eigenvalue weighted by Gasteiger charge is 2.47. The quantitative estimate of drug-likeness (QED) is 0.422. The minimum Gasteiger partial charge on any atom is -0.452 e. The van der Waals surface area contributed by atoms with Crippen molar-refractivity contribution in [2.75, 3.05) is 16.8 Å². The van der Waals surface area contributed by atoms with E-state index in [1.54, 1.807) is 18.2 Å². The van der Waals surface area contributed by atoms with Crippen molar-refractivity contribution >= 4 is 46.7 Å². The molecule has 1 aliphatic heterocycles. The summed E-state index contributed by atoms with van der Waals surface area (Å²) in [6, 6.07) is 11.1. The molecule has 8 heteroatoms. The molecule has 164 valence electrons. The van der Waals surface area contributed by atoms with E-state index in [1.165, 1.54) is 29.2 Å². The van der Waals surface area contributed by atoms with Crippen LogP contribution in [0.3, 0.4) is 0 Å². The number of nitrogens with zero attached hydrogens (tertiary/aromatic N) is 1. The number of rotatable bonds is 5. The summed E-state index contributed by atoms with van der Waals surface area (Å²) in [6.07, 6.45) is 4.98. The Morgan fingerprint density at radius 2 is 1.66 bits per heavy atom. The van der Waals surface area contributed by atoms with Crippen molar-refractivity contribution in [3.63, 3.8) is 0 Å². The molecular weight excluding hydrogens is 432 g/mol. The Bertz CT molecular complexity index is 1100. The normalized spacial score (nSPS) is 19.6. The molecule has 2 aliphatic rings. The van der Waals surface area contributed by atoms with Crippen LogP contribution in [0.1, 0.15) is 28.8 Å². The number of hydrogen-bond donors (Lipinski definition) is 1. The first-order valence-electron chi connectivity index (χ1n) is 10.2. The fraction of sp³-hybridized carbons (Fsp3) is 0.250. The first-order chi connectivity index (χ1) is 15.3. The Morgan fingerprint density at radius 3 is 2.25 bits per heavy atom. The number of imide groups is 1. The van der Waals surface area contributed by atoms with Crippen LogP contribution in [0.5, 0.6) is 0 Å². The van der Waals surface area contributed by atoms with E-state index in [2.05, 4.69) is 5.32 Å². The lowest BCUT2D eigenvalue weighted by molar-refractivity contribution is -0.122. The third-order valence-electron chi connectivity index (χ3n) is 5.66. The molecule has 1 N–H and O–H groups in total. The predicted molar refractivity (Wildman–Crippen MR) is 119 cm³/mol. The second-order valence-corrected chi connectivity index (χ2v) is 8.21. The standard InChI is InChI=1S/C24H21ClN2O5/c1-14-6-9-16(12-20(14)25)26-21(28)13-32-24(31)15-7-10-17(11-8-15)27-22(29)18-4-2-3-5-19(18)23(27)30/h2-3,6-12,18-19H,4-5,13H2,1H3,(H,26,28)/t18-,19-/m1/s1. The number of aryl methyl sites for hydroxylation is 1. The Hall–Kier alpha value is -3.45. The SMILES string of the molecule is Cc1ccc(NC(=O)COC(=O)c2ccc(N3C(=O)[C@@H]4CC=CC[C@H]4C3=O)cc2)cc1Cl. The summed E-state index contributed by atoms with van der Waals surface area (Å²) >= 11 is 6.03. The molecule has 0 radical (unpaired) electrons. The summed E-state index contributed by atoms with van der Waals surface area (Å²) in [5.41, 5.74) is 2.01.